The summed E-state index contributed by atoms with van der Waals surface area (Å²) in [6.07, 6.45) is 7.28. The van der Waals surface area contributed by atoms with E-state index < -0.39 is 0 Å². The van der Waals surface area contributed by atoms with E-state index in [1.165, 1.54) is 0 Å². The fourth-order valence-electron chi connectivity index (χ4n) is 3.45. The molecule has 0 aliphatic heterocycles. The monoisotopic (exact) mass is 464 g/mol. The topological polar surface area (TPSA) is 71.0 Å². The van der Waals surface area contributed by atoms with Crippen molar-refractivity contribution in [2.24, 2.45) is 0 Å². The van der Waals surface area contributed by atoms with E-state index >= 15 is 0 Å². The molecule has 1 radical (unpaired) electrons. The summed E-state index contributed by atoms with van der Waals surface area (Å²) in [6, 6.07) is 16.4. The number of rotatable bonds is 8. The van der Waals surface area contributed by atoms with E-state index in [-0.39, 0.29) is 23.6 Å². The van der Waals surface area contributed by atoms with Gasteiger partial charge >= 0.3 is 17.1 Å². The fraction of sp³-hybridized carbons (Fsp3) is 0.160. The number of hydrogen-bond acceptors (Lipinski definition) is 6. The molecule has 0 saturated carbocycles. The van der Waals surface area contributed by atoms with Gasteiger partial charge in [0, 0.05) is 36.2 Å². The Labute approximate surface area is 198 Å². The zero-order valence-corrected chi connectivity index (χ0v) is 18.9. The summed E-state index contributed by atoms with van der Waals surface area (Å²) in [6.45, 7) is 7.08. The Bertz CT molecular complexity index is 1200. The molecule has 1 aromatic carbocycles. The van der Waals surface area contributed by atoms with Crippen molar-refractivity contribution in [3.05, 3.63) is 85.3 Å². The summed E-state index contributed by atoms with van der Waals surface area (Å²) in [5.74, 6) is 1.47. The second kappa shape index (κ2) is 10.8. The number of aryl methyl sites for hydroxylation is 1. The van der Waals surface area contributed by atoms with Gasteiger partial charge in [0.2, 0.25) is 0 Å². The van der Waals surface area contributed by atoms with Gasteiger partial charge in [0.05, 0.1) is 0 Å². The molecule has 0 atom stereocenters. The normalized spacial score (nSPS) is 10.4. The molecule has 161 valence electrons. The molecular formula is C25H23MnN5O. The van der Waals surface area contributed by atoms with Crippen LogP contribution in [0.2, 0.25) is 0 Å². The Hall–Kier alpha value is -3.28. The van der Waals surface area contributed by atoms with Crippen LogP contribution in [-0.4, -0.2) is 34.3 Å². The summed E-state index contributed by atoms with van der Waals surface area (Å²) < 4.78 is 0. The number of nitrogens with zero attached hydrogens (tertiary/aromatic N) is 4. The summed E-state index contributed by atoms with van der Waals surface area (Å²) in [7, 11) is 0. The van der Waals surface area contributed by atoms with E-state index in [2.05, 4.69) is 57.5 Å². The minimum Gasteiger partial charge on any atom is -0.540 e. The minimum absolute atomic E-state index is 0. The van der Waals surface area contributed by atoms with Crippen LogP contribution in [0.25, 0.3) is 21.9 Å². The zero-order valence-electron chi connectivity index (χ0n) is 17.8. The van der Waals surface area contributed by atoms with Gasteiger partial charge in [-0.2, -0.15) is 0 Å². The van der Waals surface area contributed by atoms with Crippen LogP contribution in [0.5, 0.6) is 0 Å². The third-order valence-electron chi connectivity index (χ3n) is 5.13. The number of benzene rings is 1. The molecule has 3 heterocycles. The summed E-state index contributed by atoms with van der Waals surface area (Å²) in [5.41, 5.74) is 4.48. The number of nitrogens with one attached hydrogen (secondary N) is 1. The second-order valence-corrected chi connectivity index (χ2v) is 7.23. The molecule has 7 heteroatoms. The van der Waals surface area contributed by atoms with Crippen LogP contribution in [0.3, 0.4) is 0 Å². The molecule has 4 rings (SSSR count). The van der Waals surface area contributed by atoms with Gasteiger partial charge < -0.3 is 21.9 Å². The molecule has 0 bridgehead atoms. The van der Waals surface area contributed by atoms with E-state index in [9.17, 15) is 4.79 Å². The first-order chi connectivity index (χ1) is 15.2. The molecule has 0 saturated heterocycles. The smallest absolute Gasteiger partial charge is 0.540 e. The van der Waals surface area contributed by atoms with Crippen LogP contribution in [0.1, 0.15) is 11.3 Å². The first-order valence-corrected chi connectivity index (χ1v) is 10.1. The maximum atomic E-state index is 10.8. The van der Waals surface area contributed by atoms with Crippen LogP contribution >= 0.6 is 0 Å². The Morgan fingerprint density at radius 1 is 1.00 bits per heavy atom. The predicted octanol–water partition coefficient (Wildman–Crippen LogP) is 4.36. The fourth-order valence-corrected chi connectivity index (χ4v) is 3.45. The van der Waals surface area contributed by atoms with Gasteiger partial charge in [-0.15, -0.1) is 6.54 Å². The maximum absolute atomic E-state index is 10.8. The Morgan fingerprint density at radius 2 is 1.78 bits per heavy atom. The molecule has 0 unspecified atom stereocenters. The van der Waals surface area contributed by atoms with E-state index in [1.54, 1.807) is 17.3 Å². The number of fused-ring (bicyclic) bond motifs is 1. The van der Waals surface area contributed by atoms with Gasteiger partial charge in [0.15, 0.2) is 0 Å². The van der Waals surface area contributed by atoms with Crippen LogP contribution in [0.4, 0.5) is 11.6 Å². The zero-order chi connectivity index (χ0) is 21.6. The molecule has 0 spiro atoms. The van der Waals surface area contributed by atoms with E-state index in [1.807, 2.05) is 37.6 Å². The predicted molar refractivity (Wildman–Crippen MR) is 125 cm³/mol. The molecule has 4 aromatic rings. The first-order valence-electron chi connectivity index (χ1n) is 10.1. The number of pyridine rings is 3. The molecule has 0 fully saturated rings. The summed E-state index contributed by atoms with van der Waals surface area (Å²) >= 11 is 0. The standard InChI is InChI=1S/C25H23N5O.Mn/c1-3-30(12-13-31)24-15-22-9-11-27-25(23(22)17-28-24)29-16-19-4-6-20(7-5-19)21-8-10-26-18(2)14-21;/h4-11,14-15,17H,1,3,12,16H2,2H3,(H,27,29);/q-2;+2. The number of anilines is 2. The van der Waals surface area contributed by atoms with Crippen LogP contribution in [0, 0.1) is 13.8 Å². The third-order valence-corrected chi connectivity index (χ3v) is 5.13. The minimum atomic E-state index is 0. The van der Waals surface area contributed by atoms with Crippen molar-refractivity contribution in [1.82, 2.24) is 15.0 Å². The van der Waals surface area contributed by atoms with Gasteiger partial charge in [0.25, 0.3) is 0 Å². The molecule has 0 amide bonds. The molecule has 6 nitrogen and oxygen atoms in total. The first kappa shape index (κ1) is 23.4. The van der Waals surface area contributed by atoms with Crippen molar-refractivity contribution in [3.63, 3.8) is 0 Å². The van der Waals surface area contributed by atoms with Crippen molar-refractivity contribution in [2.75, 3.05) is 23.3 Å². The SMILES string of the molecule is [CH2-]CN(C[C-]=O)c1cc2ccnc(NCc3ccc(-c4ccnc(C)c4)cc3)c2cn1.[Mn+2]. The van der Waals surface area contributed by atoms with Gasteiger partial charge in [-0.05, 0) is 53.3 Å². The summed E-state index contributed by atoms with van der Waals surface area (Å²) in [4.78, 5) is 25.7. The van der Waals surface area contributed by atoms with Crippen molar-refractivity contribution < 1.29 is 21.9 Å². The van der Waals surface area contributed by atoms with Crippen molar-refractivity contribution in [3.8, 4) is 11.1 Å². The Morgan fingerprint density at radius 3 is 2.50 bits per heavy atom. The van der Waals surface area contributed by atoms with E-state index in [4.69, 9.17) is 0 Å². The number of carbonyl (C=O) groups excluding carboxylic acids is 1. The third kappa shape index (κ3) is 5.31. The van der Waals surface area contributed by atoms with Crippen molar-refractivity contribution in [1.29, 1.82) is 0 Å². The summed E-state index contributed by atoms with van der Waals surface area (Å²) in [5, 5.41) is 5.33. The molecule has 32 heavy (non-hydrogen) atoms. The molecular weight excluding hydrogens is 441 g/mol. The number of aromatic nitrogens is 3. The molecule has 0 aliphatic carbocycles. The van der Waals surface area contributed by atoms with Gasteiger partial charge in [-0.3, -0.25) is 4.98 Å². The van der Waals surface area contributed by atoms with E-state index in [0.29, 0.717) is 18.9 Å². The van der Waals surface area contributed by atoms with Crippen molar-refractivity contribution in [2.45, 2.75) is 13.5 Å². The second-order valence-electron chi connectivity index (χ2n) is 7.23. The van der Waals surface area contributed by atoms with Crippen LogP contribution in [0.15, 0.2) is 67.1 Å². The van der Waals surface area contributed by atoms with Gasteiger partial charge in [-0.1, -0.05) is 30.8 Å². The van der Waals surface area contributed by atoms with Gasteiger partial charge in [-0.25, -0.2) is 16.3 Å². The Kier molecular flexibility index (Phi) is 7.92. The average Bonchev–Trinajstić information content (AvgIpc) is 2.81. The maximum Gasteiger partial charge on any atom is 2.00 e. The Balaban J connectivity index is 0.00000289. The average molecular weight is 464 g/mol. The molecule has 1 N–H and O–H groups in total. The largest absolute Gasteiger partial charge is 2.00 e. The molecule has 3 aromatic heterocycles. The van der Waals surface area contributed by atoms with E-state index in [0.717, 1.165) is 39.0 Å². The molecule has 0 aliphatic rings. The van der Waals surface area contributed by atoms with Crippen molar-refractivity contribution >= 4 is 28.7 Å². The van der Waals surface area contributed by atoms with Crippen LogP contribution in [-0.2, 0) is 28.4 Å². The number of hydrogen-bond donors (Lipinski definition) is 1. The quantitative estimate of drug-likeness (QED) is 0.309. The van der Waals surface area contributed by atoms with Crippen LogP contribution < -0.4 is 10.2 Å². The van der Waals surface area contributed by atoms with Gasteiger partial charge in [0.1, 0.15) is 11.6 Å².